The maximum absolute atomic E-state index is 14.4. The van der Waals surface area contributed by atoms with E-state index in [1.165, 1.54) is 0 Å². The Morgan fingerprint density at radius 3 is 0.992 bits per heavy atom. The Kier molecular flexibility index (Phi) is 24.9. The summed E-state index contributed by atoms with van der Waals surface area (Å²) in [5.74, 6) is 5.51. The van der Waals surface area contributed by atoms with E-state index in [1.807, 2.05) is 133 Å². The molecule has 0 radical (unpaired) electrons. The number of rotatable bonds is 21. The normalized spacial score (nSPS) is 15.9. The maximum atomic E-state index is 14.4. The number of aryl methyl sites for hydroxylation is 3. The van der Waals surface area contributed by atoms with E-state index in [-0.39, 0.29) is 46.7 Å². The molecule has 3 aliphatic carbocycles. The van der Waals surface area contributed by atoms with Gasteiger partial charge in [0.15, 0.2) is 5.79 Å². The number of methoxy groups -OCH3 is 9. The summed E-state index contributed by atoms with van der Waals surface area (Å²) in [6.07, 6.45) is 19.2. The molecule has 1 spiro atoms. The first-order chi connectivity index (χ1) is 62.5. The van der Waals surface area contributed by atoms with E-state index in [0.29, 0.717) is 114 Å². The van der Waals surface area contributed by atoms with Crippen LogP contribution in [0.1, 0.15) is 145 Å². The van der Waals surface area contributed by atoms with Gasteiger partial charge >= 0.3 is 0 Å². The van der Waals surface area contributed by atoms with Crippen LogP contribution < -0.4 is 59.3 Å². The molecule has 28 heteroatoms. The SMILES string of the molecule is COc1ccc(Cn2c(=O)c3cnn(C4CCC(=O)CC4)c3c3ccc(-c4c(C)cnc(OC)c4C)cc32)c(OC)c1.COc1ccc(Cn2c(=O)c3cnn(C4CCC(O)CC4)c3c3ccc(-c4c(C)cnc(OC)c4C)cc32)c(OC)c1.COc1ccc(Cn2c(=O)c3cnn(C4CCC5(CC4)OCCO5)c3c3ccc(-c4c(C)cnc(OC)c4C)cc32)c(OC)c1. The zero-order valence-electron chi connectivity index (χ0n) is 75.6. The summed E-state index contributed by atoms with van der Waals surface area (Å²) in [6, 6.07) is 36.1. The van der Waals surface area contributed by atoms with Crippen LogP contribution in [-0.2, 0) is 33.9 Å². The molecule has 3 saturated carbocycles. The molecule has 0 unspecified atom stereocenters. The van der Waals surface area contributed by atoms with Crippen molar-refractivity contribution in [1.29, 1.82) is 0 Å². The fourth-order valence-electron chi connectivity index (χ4n) is 19.9. The lowest BCUT2D eigenvalue weighted by atomic mass is 9.90. The second-order valence-electron chi connectivity index (χ2n) is 33.9. The summed E-state index contributed by atoms with van der Waals surface area (Å²) in [4.78, 5) is 68.3. The van der Waals surface area contributed by atoms with Gasteiger partial charge in [-0.15, -0.1) is 0 Å². The van der Waals surface area contributed by atoms with Crippen LogP contribution >= 0.6 is 0 Å². The number of hydrogen-bond acceptors (Lipinski definition) is 22. The van der Waals surface area contributed by atoms with Gasteiger partial charge in [-0.2, -0.15) is 15.3 Å². The number of pyridine rings is 6. The van der Waals surface area contributed by atoms with Gasteiger partial charge in [0.2, 0.25) is 17.6 Å². The Balaban J connectivity index is 0.000000136. The average molecular weight is 1750 g/mol. The van der Waals surface area contributed by atoms with Crippen molar-refractivity contribution in [3.8, 4) is 85.5 Å². The first kappa shape index (κ1) is 87.6. The number of ether oxygens (including phenoxy) is 11. The minimum atomic E-state index is -0.470. The number of fused-ring (bicyclic) bond motifs is 9. The molecule has 9 aromatic heterocycles. The number of aliphatic hydroxyl groups is 1. The molecule has 0 atom stereocenters. The molecule has 10 heterocycles. The summed E-state index contributed by atoms with van der Waals surface area (Å²) in [5, 5.41) is 29.0. The predicted octanol–water partition coefficient (Wildman–Crippen LogP) is 17.3. The van der Waals surface area contributed by atoms with Gasteiger partial charge in [-0.25, -0.2) is 15.0 Å². The number of ketones is 1. The smallest absolute Gasteiger partial charge is 0.262 e. The van der Waals surface area contributed by atoms with Crippen molar-refractivity contribution < 1.29 is 62.0 Å². The number of Topliss-reactive ketones (excluding diaryl/α,β-unsaturated/α-hetero) is 1. The number of aliphatic hydroxyl groups excluding tert-OH is 1. The van der Waals surface area contributed by atoms with Crippen molar-refractivity contribution in [1.82, 2.24) is 58.0 Å². The van der Waals surface area contributed by atoms with Crippen LogP contribution in [0.4, 0.5) is 0 Å². The van der Waals surface area contributed by atoms with Crippen LogP contribution in [0.25, 0.3) is 98.8 Å². The van der Waals surface area contributed by atoms with Crippen molar-refractivity contribution in [2.75, 3.05) is 77.2 Å². The second kappa shape index (κ2) is 36.7. The Labute approximate surface area is 745 Å². The highest BCUT2D eigenvalue weighted by atomic mass is 16.7. The Hall–Kier alpha value is -13.4. The number of aromatic nitrogens is 12. The highest BCUT2D eigenvalue weighted by Crippen LogP contribution is 2.46. The molecular formula is C101H108N12O16. The zero-order valence-corrected chi connectivity index (χ0v) is 75.6. The van der Waals surface area contributed by atoms with Crippen LogP contribution in [0.2, 0.25) is 0 Å². The Morgan fingerprint density at radius 2 is 0.682 bits per heavy atom. The van der Waals surface area contributed by atoms with E-state index in [0.717, 1.165) is 197 Å². The quantitative estimate of drug-likeness (QED) is 0.0699. The zero-order chi connectivity index (χ0) is 90.4. The van der Waals surface area contributed by atoms with Gasteiger partial charge in [-0.05, 0) is 198 Å². The van der Waals surface area contributed by atoms with Crippen molar-refractivity contribution in [2.45, 2.75) is 168 Å². The first-order valence-electron chi connectivity index (χ1n) is 43.8. The van der Waals surface area contributed by atoms with Gasteiger partial charge in [-0.3, -0.25) is 33.2 Å². The lowest BCUT2D eigenvalue weighted by Crippen LogP contribution is -2.36. The van der Waals surface area contributed by atoms with E-state index >= 15 is 0 Å². The fourth-order valence-corrected chi connectivity index (χ4v) is 19.9. The average Bonchev–Trinajstić information content (AvgIpc) is 1.69. The van der Waals surface area contributed by atoms with Crippen molar-refractivity contribution in [3.63, 3.8) is 0 Å². The standard InChI is InChI=1S/C35H38N4O6.C33H36N4O5.C33H34N4O5/c1-21-18-36-33(43-5)22(2)31(21)23-7-9-27-29(16-23)38(20-24-6-8-26(41-3)17-30(24)42-4)34(40)28-19-37-39(32(27)28)25-10-12-35(13-11-25)44-14-15-45-35;2*1-19-16-34-32(42-5)20(2)30(19)21-7-13-26-28(14-21)36(18-22-6-12-25(40-3)15-29(22)41-4)33(39)27-17-35-37(31(26)27)23-8-10-24(38)11-9-23/h6-9,16-19,25H,10-15,20H2,1-5H3;6-7,12-17,23-24,38H,8-11,18H2,1-5H3;6-7,12-17,23H,8-11,18H2,1-5H3. The molecule has 668 valence electrons. The maximum Gasteiger partial charge on any atom is 0.262 e. The Bertz CT molecular complexity index is 7030. The molecule has 6 aromatic carbocycles. The highest BCUT2D eigenvalue weighted by Gasteiger charge is 2.42. The van der Waals surface area contributed by atoms with Crippen molar-refractivity contribution in [3.05, 3.63) is 228 Å². The topological polar surface area (TPSA) is 297 Å². The number of benzene rings is 6. The summed E-state index contributed by atoms with van der Waals surface area (Å²) >= 11 is 0. The molecule has 28 nitrogen and oxygen atoms in total. The predicted molar refractivity (Wildman–Crippen MR) is 496 cm³/mol. The van der Waals surface area contributed by atoms with Crippen LogP contribution in [0.5, 0.6) is 52.1 Å². The molecular weight excluding hydrogens is 1640 g/mol. The third-order valence-corrected chi connectivity index (χ3v) is 26.5. The highest BCUT2D eigenvalue weighted by molar-refractivity contribution is 6.07. The van der Waals surface area contributed by atoms with E-state index in [4.69, 9.17) is 67.4 Å². The van der Waals surface area contributed by atoms with Crippen LogP contribution in [0.3, 0.4) is 0 Å². The lowest BCUT2D eigenvalue weighted by Gasteiger charge is -2.35. The minimum Gasteiger partial charge on any atom is -0.497 e. The van der Waals surface area contributed by atoms with Crippen molar-refractivity contribution in [2.24, 2.45) is 0 Å². The van der Waals surface area contributed by atoms with Gasteiger partial charge in [-0.1, -0.05) is 36.4 Å². The molecule has 15 aromatic rings. The van der Waals surface area contributed by atoms with Gasteiger partial charge in [0.1, 0.15) is 40.3 Å². The summed E-state index contributed by atoms with van der Waals surface area (Å²) < 4.78 is 73.4. The molecule has 129 heavy (non-hydrogen) atoms. The third kappa shape index (κ3) is 16.4. The summed E-state index contributed by atoms with van der Waals surface area (Å²) in [7, 11) is 14.6. The van der Waals surface area contributed by atoms with Crippen LogP contribution in [0, 0.1) is 41.5 Å². The second-order valence-corrected chi connectivity index (χ2v) is 33.9. The van der Waals surface area contributed by atoms with Gasteiger partial charge in [0.25, 0.3) is 16.7 Å². The monoisotopic (exact) mass is 1740 g/mol. The third-order valence-electron chi connectivity index (χ3n) is 26.5. The molecule has 1 saturated heterocycles. The number of carbonyl (C=O) groups is 1. The van der Waals surface area contributed by atoms with Crippen LogP contribution in [-0.4, -0.2) is 158 Å². The summed E-state index contributed by atoms with van der Waals surface area (Å²) in [6.45, 7) is 14.3. The molecule has 1 N–H and O–H groups in total. The van der Waals surface area contributed by atoms with E-state index in [9.17, 15) is 24.3 Å². The molecule has 4 fully saturated rings. The lowest BCUT2D eigenvalue weighted by molar-refractivity contribution is -0.181. The molecule has 19 rings (SSSR count). The number of nitrogens with zero attached hydrogens (tertiary/aromatic N) is 12. The molecule has 1 aliphatic heterocycles. The largest absolute Gasteiger partial charge is 0.497 e. The van der Waals surface area contributed by atoms with Gasteiger partial charge < -0.3 is 70.9 Å². The fraction of sp³-hybridized carbons (Fsp3) is 0.366. The van der Waals surface area contributed by atoms with E-state index < -0.39 is 5.79 Å². The van der Waals surface area contributed by atoms with Crippen LogP contribution in [0.15, 0.2) is 161 Å². The number of carbonyl (C=O) groups excluding carboxylic acids is 1. The Morgan fingerprint density at radius 1 is 0.364 bits per heavy atom. The molecule has 0 bridgehead atoms. The molecule has 0 amide bonds. The first-order valence-corrected chi connectivity index (χ1v) is 43.8. The summed E-state index contributed by atoms with van der Waals surface area (Å²) in [5.41, 5.74) is 19.0. The van der Waals surface area contributed by atoms with E-state index in [2.05, 4.69) is 74.2 Å². The van der Waals surface area contributed by atoms with Crippen molar-refractivity contribution >= 4 is 71.2 Å². The number of hydrogen-bond donors (Lipinski definition) is 1. The van der Waals surface area contributed by atoms with Gasteiger partial charge in [0.05, 0.1) is 189 Å². The van der Waals surface area contributed by atoms with E-state index in [1.54, 1.807) is 87.1 Å². The minimum absolute atomic E-state index is 0.0638. The van der Waals surface area contributed by atoms with Gasteiger partial charge in [0, 0.05) is 112 Å². The molecule has 4 aliphatic rings.